The Morgan fingerprint density at radius 2 is 1.52 bits per heavy atom. The zero-order chi connectivity index (χ0) is 17.9. The highest BCUT2D eigenvalue weighted by molar-refractivity contribution is 6.62. The molecule has 1 aromatic rings. The normalized spacial score (nSPS) is 23.1. The van der Waals surface area contributed by atoms with E-state index in [4.69, 9.17) is 14.0 Å². The molecule has 0 radical (unpaired) electrons. The highest BCUT2D eigenvalue weighted by Gasteiger charge is 2.51. The fourth-order valence-corrected chi connectivity index (χ4v) is 3.31. The molecule has 0 aromatic heterocycles. The lowest BCUT2D eigenvalue weighted by Crippen LogP contribution is -2.41. The van der Waals surface area contributed by atoms with Crippen LogP contribution in [0.15, 0.2) is 24.3 Å². The summed E-state index contributed by atoms with van der Waals surface area (Å²) < 4.78 is 17.6. The minimum Gasteiger partial charge on any atom is -0.399 e. The zero-order valence-electron chi connectivity index (χ0n) is 16.2. The molecule has 138 valence electrons. The van der Waals surface area contributed by atoms with Gasteiger partial charge in [0, 0.05) is 13.1 Å². The molecule has 2 aliphatic heterocycles. The van der Waals surface area contributed by atoms with E-state index in [0.29, 0.717) is 0 Å². The third kappa shape index (κ3) is 4.65. The molecule has 0 saturated carbocycles. The number of benzene rings is 1. The molecule has 2 saturated heterocycles. The maximum absolute atomic E-state index is 6.12. The number of morpholine rings is 1. The minimum absolute atomic E-state index is 0.264. The van der Waals surface area contributed by atoms with Gasteiger partial charge in [0.25, 0.3) is 0 Å². The Bertz CT molecular complexity index is 537. The average molecular weight is 345 g/mol. The molecule has 0 aliphatic carbocycles. The molecule has 2 heterocycles. The molecule has 0 bridgehead atoms. The topological polar surface area (TPSA) is 30.9 Å². The second kappa shape index (κ2) is 7.79. The van der Waals surface area contributed by atoms with Gasteiger partial charge in [-0.05, 0) is 64.5 Å². The highest BCUT2D eigenvalue weighted by atomic mass is 16.7. The van der Waals surface area contributed by atoms with E-state index in [9.17, 15) is 0 Å². The monoisotopic (exact) mass is 345 g/mol. The van der Waals surface area contributed by atoms with Crippen LogP contribution in [0, 0.1) is 0 Å². The summed E-state index contributed by atoms with van der Waals surface area (Å²) in [6, 6.07) is 8.74. The molecule has 0 N–H and O–H groups in total. The molecule has 0 atom stereocenters. The Balaban J connectivity index is 1.45. The molecule has 25 heavy (non-hydrogen) atoms. The van der Waals surface area contributed by atoms with E-state index < -0.39 is 0 Å². The van der Waals surface area contributed by atoms with Crippen LogP contribution in [-0.2, 0) is 20.5 Å². The summed E-state index contributed by atoms with van der Waals surface area (Å²) in [7, 11) is -0.264. The number of aryl methyl sites for hydroxylation is 1. The minimum atomic E-state index is -0.282. The van der Waals surface area contributed by atoms with Crippen molar-refractivity contribution in [2.45, 2.75) is 58.2 Å². The first kappa shape index (κ1) is 18.9. The Hall–Kier alpha value is -0.875. The first-order valence-corrected chi connectivity index (χ1v) is 9.62. The van der Waals surface area contributed by atoms with Gasteiger partial charge >= 0.3 is 7.12 Å². The molecule has 0 spiro atoms. The second-order valence-electron chi connectivity index (χ2n) is 8.24. The Morgan fingerprint density at radius 1 is 0.920 bits per heavy atom. The van der Waals surface area contributed by atoms with Crippen LogP contribution < -0.4 is 5.46 Å². The third-order valence-corrected chi connectivity index (χ3v) is 5.80. The van der Waals surface area contributed by atoms with E-state index in [-0.39, 0.29) is 18.3 Å². The van der Waals surface area contributed by atoms with Gasteiger partial charge in [0.15, 0.2) is 0 Å². The Kier molecular flexibility index (Phi) is 5.89. The van der Waals surface area contributed by atoms with Gasteiger partial charge in [0.1, 0.15) is 0 Å². The molecule has 0 amide bonds. The highest BCUT2D eigenvalue weighted by Crippen LogP contribution is 2.36. The summed E-state index contributed by atoms with van der Waals surface area (Å²) in [5.41, 5.74) is 1.93. The summed E-state index contributed by atoms with van der Waals surface area (Å²) in [6.07, 6.45) is 3.61. The van der Waals surface area contributed by atoms with E-state index >= 15 is 0 Å². The Labute approximate surface area is 153 Å². The van der Waals surface area contributed by atoms with Crippen LogP contribution in [0.25, 0.3) is 0 Å². The third-order valence-electron chi connectivity index (χ3n) is 5.80. The summed E-state index contributed by atoms with van der Waals surface area (Å²) >= 11 is 0. The maximum atomic E-state index is 6.12. The van der Waals surface area contributed by atoms with Crippen LogP contribution in [0.5, 0.6) is 0 Å². The average Bonchev–Trinajstić information content (AvgIpc) is 2.81. The summed E-state index contributed by atoms with van der Waals surface area (Å²) in [5, 5.41) is 0. The van der Waals surface area contributed by atoms with Crippen LogP contribution in [0.1, 0.15) is 46.1 Å². The van der Waals surface area contributed by atoms with E-state index in [1.807, 2.05) is 0 Å². The molecule has 5 heteroatoms. The predicted molar refractivity (Wildman–Crippen MR) is 102 cm³/mol. The largest absolute Gasteiger partial charge is 0.494 e. The lowest BCUT2D eigenvalue weighted by molar-refractivity contribution is 0.00578. The lowest BCUT2D eigenvalue weighted by Gasteiger charge is -2.32. The molecule has 4 nitrogen and oxygen atoms in total. The van der Waals surface area contributed by atoms with E-state index in [1.54, 1.807) is 0 Å². The van der Waals surface area contributed by atoms with Crippen molar-refractivity contribution in [1.82, 2.24) is 4.90 Å². The number of hydrogen-bond acceptors (Lipinski definition) is 4. The molecular weight excluding hydrogens is 313 g/mol. The van der Waals surface area contributed by atoms with Gasteiger partial charge in [-0.15, -0.1) is 0 Å². The van der Waals surface area contributed by atoms with Crippen LogP contribution in [0.3, 0.4) is 0 Å². The van der Waals surface area contributed by atoms with Crippen molar-refractivity contribution >= 4 is 12.6 Å². The Morgan fingerprint density at radius 3 is 2.12 bits per heavy atom. The molecule has 0 unspecified atom stereocenters. The van der Waals surface area contributed by atoms with Crippen molar-refractivity contribution in [3.05, 3.63) is 29.8 Å². The number of ether oxygens (including phenoxy) is 1. The van der Waals surface area contributed by atoms with Gasteiger partial charge in [-0.25, -0.2) is 0 Å². The fourth-order valence-electron chi connectivity index (χ4n) is 3.31. The standard InChI is InChI=1S/C20H32BNO3/c1-19(2)20(3,4)25-21(24-19)18-10-8-17(9-11-18)7-5-6-12-22-13-15-23-16-14-22/h8-11H,5-7,12-16H2,1-4H3. The van der Waals surface area contributed by atoms with Crippen molar-refractivity contribution in [2.24, 2.45) is 0 Å². The number of nitrogens with zero attached hydrogens (tertiary/aromatic N) is 1. The summed E-state index contributed by atoms with van der Waals surface area (Å²) in [4.78, 5) is 2.50. The fraction of sp³-hybridized carbons (Fsp3) is 0.700. The van der Waals surface area contributed by atoms with Gasteiger partial charge in [0.2, 0.25) is 0 Å². The number of hydrogen-bond donors (Lipinski definition) is 0. The SMILES string of the molecule is CC1(C)OB(c2ccc(CCCCN3CCOCC3)cc2)OC1(C)C. The molecule has 2 fully saturated rings. The van der Waals surface area contributed by atoms with Gasteiger partial charge in [0.05, 0.1) is 24.4 Å². The summed E-state index contributed by atoms with van der Waals surface area (Å²) in [6.45, 7) is 13.5. The van der Waals surface area contributed by atoms with Crippen LogP contribution in [0.2, 0.25) is 0 Å². The predicted octanol–water partition coefficient (Wildman–Crippen LogP) is 2.64. The molecule has 1 aromatic carbocycles. The molecule has 3 rings (SSSR count). The van der Waals surface area contributed by atoms with E-state index in [1.165, 1.54) is 24.9 Å². The zero-order valence-corrected chi connectivity index (χ0v) is 16.2. The van der Waals surface area contributed by atoms with Crippen molar-refractivity contribution in [3.8, 4) is 0 Å². The van der Waals surface area contributed by atoms with Crippen LogP contribution in [-0.4, -0.2) is 56.1 Å². The number of rotatable bonds is 6. The quantitative estimate of drug-likeness (QED) is 0.586. The summed E-state index contributed by atoms with van der Waals surface area (Å²) in [5.74, 6) is 0. The van der Waals surface area contributed by atoms with Gasteiger partial charge < -0.3 is 14.0 Å². The van der Waals surface area contributed by atoms with E-state index in [2.05, 4.69) is 56.9 Å². The van der Waals surface area contributed by atoms with Crippen LogP contribution in [0.4, 0.5) is 0 Å². The van der Waals surface area contributed by atoms with Gasteiger partial charge in [-0.2, -0.15) is 0 Å². The first-order chi connectivity index (χ1) is 11.9. The van der Waals surface area contributed by atoms with Crippen molar-refractivity contribution in [2.75, 3.05) is 32.8 Å². The maximum Gasteiger partial charge on any atom is 0.494 e. The van der Waals surface area contributed by atoms with Crippen molar-refractivity contribution in [1.29, 1.82) is 0 Å². The molecular formula is C20H32BNO3. The van der Waals surface area contributed by atoms with E-state index in [0.717, 1.165) is 38.2 Å². The smallest absolute Gasteiger partial charge is 0.399 e. The number of unbranched alkanes of at least 4 members (excludes halogenated alkanes) is 1. The van der Waals surface area contributed by atoms with Crippen molar-refractivity contribution in [3.63, 3.8) is 0 Å². The lowest BCUT2D eigenvalue weighted by atomic mass is 9.78. The van der Waals surface area contributed by atoms with Crippen molar-refractivity contribution < 1.29 is 14.0 Å². The van der Waals surface area contributed by atoms with Crippen LogP contribution >= 0.6 is 0 Å². The molecule has 2 aliphatic rings. The second-order valence-corrected chi connectivity index (χ2v) is 8.24. The van der Waals surface area contributed by atoms with Gasteiger partial charge in [-0.1, -0.05) is 24.3 Å². The first-order valence-electron chi connectivity index (χ1n) is 9.62. The van der Waals surface area contributed by atoms with Gasteiger partial charge in [-0.3, -0.25) is 4.90 Å².